The lowest BCUT2D eigenvalue weighted by atomic mass is 10.00. The standard InChI is InChI=1S/C20H26N2O3/c1-13(2)14-4-6-15(7-5-14)16-12-17(16)20(25)21-10-3-11-22-18(23)8-9-19(22)24/h4-7,13,16-17H,3,8-12H2,1-2H3,(H,21,25). The molecule has 1 aliphatic heterocycles. The van der Waals surface area contributed by atoms with Crippen LogP contribution in [0.2, 0.25) is 0 Å². The molecule has 1 saturated carbocycles. The molecule has 0 aromatic heterocycles. The van der Waals surface area contributed by atoms with Crippen LogP contribution in [0.25, 0.3) is 0 Å². The van der Waals surface area contributed by atoms with E-state index in [4.69, 9.17) is 0 Å². The number of amides is 3. The van der Waals surface area contributed by atoms with Crippen LogP contribution in [-0.4, -0.2) is 35.7 Å². The maximum Gasteiger partial charge on any atom is 0.229 e. The zero-order valence-electron chi connectivity index (χ0n) is 15.0. The molecule has 2 fully saturated rings. The Bertz CT molecular complexity index is 650. The van der Waals surface area contributed by atoms with Gasteiger partial charge in [0.25, 0.3) is 0 Å². The van der Waals surface area contributed by atoms with Crippen LogP contribution >= 0.6 is 0 Å². The van der Waals surface area contributed by atoms with Crippen molar-refractivity contribution in [2.45, 2.75) is 51.4 Å². The lowest BCUT2D eigenvalue weighted by molar-refractivity contribution is -0.138. The zero-order chi connectivity index (χ0) is 18.0. The number of carbonyl (C=O) groups excluding carboxylic acids is 3. The van der Waals surface area contributed by atoms with Crippen LogP contribution in [-0.2, 0) is 14.4 Å². The van der Waals surface area contributed by atoms with Gasteiger partial charge in [-0.25, -0.2) is 0 Å². The van der Waals surface area contributed by atoms with E-state index in [1.165, 1.54) is 16.0 Å². The fourth-order valence-electron chi connectivity index (χ4n) is 3.43. The largest absolute Gasteiger partial charge is 0.356 e. The van der Waals surface area contributed by atoms with Crippen LogP contribution in [0.4, 0.5) is 0 Å². The Hall–Kier alpha value is -2.17. The summed E-state index contributed by atoms with van der Waals surface area (Å²) in [6, 6.07) is 8.57. The SMILES string of the molecule is CC(C)c1ccc(C2CC2C(=O)NCCCN2C(=O)CCC2=O)cc1. The van der Waals surface area contributed by atoms with Crippen molar-refractivity contribution in [1.29, 1.82) is 0 Å². The number of carbonyl (C=O) groups is 3. The molecule has 0 spiro atoms. The third-order valence-electron chi connectivity index (χ3n) is 5.17. The fourth-order valence-corrected chi connectivity index (χ4v) is 3.43. The van der Waals surface area contributed by atoms with Gasteiger partial charge < -0.3 is 5.32 Å². The summed E-state index contributed by atoms with van der Waals surface area (Å²) < 4.78 is 0. The molecule has 1 saturated heterocycles. The van der Waals surface area contributed by atoms with Crippen molar-refractivity contribution in [3.63, 3.8) is 0 Å². The Morgan fingerprint density at radius 1 is 1.16 bits per heavy atom. The van der Waals surface area contributed by atoms with Gasteiger partial charge in [-0.1, -0.05) is 38.1 Å². The van der Waals surface area contributed by atoms with Gasteiger partial charge in [0.1, 0.15) is 0 Å². The predicted molar refractivity (Wildman–Crippen MR) is 95.0 cm³/mol. The van der Waals surface area contributed by atoms with Crippen LogP contribution in [0.3, 0.4) is 0 Å². The van der Waals surface area contributed by atoms with E-state index >= 15 is 0 Å². The van der Waals surface area contributed by atoms with Gasteiger partial charge in [0, 0.05) is 31.8 Å². The lowest BCUT2D eigenvalue weighted by Crippen LogP contribution is -2.33. The third-order valence-corrected chi connectivity index (χ3v) is 5.17. The first-order valence-corrected chi connectivity index (χ1v) is 9.18. The molecule has 25 heavy (non-hydrogen) atoms. The van der Waals surface area contributed by atoms with Crippen molar-refractivity contribution < 1.29 is 14.4 Å². The Labute approximate surface area is 148 Å². The summed E-state index contributed by atoms with van der Waals surface area (Å²) in [5.74, 6) is 0.786. The molecule has 1 aromatic carbocycles. The fraction of sp³-hybridized carbons (Fsp3) is 0.550. The van der Waals surface area contributed by atoms with Gasteiger partial charge >= 0.3 is 0 Å². The molecule has 0 bridgehead atoms. The molecule has 134 valence electrons. The van der Waals surface area contributed by atoms with Gasteiger partial charge in [-0.3, -0.25) is 19.3 Å². The highest BCUT2D eigenvalue weighted by molar-refractivity contribution is 6.01. The zero-order valence-corrected chi connectivity index (χ0v) is 15.0. The van der Waals surface area contributed by atoms with Gasteiger partial charge in [-0.15, -0.1) is 0 Å². The van der Waals surface area contributed by atoms with Gasteiger partial charge in [-0.05, 0) is 35.8 Å². The van der Waals surface area contributed by atoms with Crippen molar-refractivity contribution in [2.75, 3.05) is 13.1 Å². The molecule has 1 aliphatic carbocycles. The average Bonchev–Trinajstić information content (AvgIpc) is 3.34. The minimum absolute atomic E-state index is 0.0555. The monoisotopic (exact) mass is 342 g/mol. The van der Waals surface area contributed by atoms with Crippen LogP contribution < -0.4 is 5.32 Å². The smallest absolute Gasteiger partial charge is 0.229 e. The summed E-state index contributed by atoms with van der Waals surface area (Å²) in [6.07, 6.45) is 2.16. The van der Waals surface area contributed by atoms with Crippen LogP contribution in [0.1, 0.15) is 62.5 Å². The van der Waals surface area contributed by atoms with E-state index in [1.54, 1.807) is 0 Å². The second kappa shape index (κ2) is 7.38. The van der Waals surface area contributed by atoms with E-state index in [1.807, 2.05) is 0 Å². The molecule has 2 aliphatic rings. The van der Waals surface area contributed by atoms with Crippen molar-refractivity contribution in [3.8, 4) is 0 Å². The highest BCUT2D eigenvalue weighted by atomic mass is 16.2. The van der Waals surface area contributed by atoms with E-state index in [0.29, 0.717) is 44.2 Å². The first-order valence-electron chi connectivity index (χ1n) is 9.18. The van der Waals surface area contributed by atoms with Crippen molar-refractivity contribution in [1.82, 2.24) is 10.2 Å². The quantitative estimate of drug-likeness (QED) is 0.612. The second-order valence-corrected chi connectivity index (χ2v) is 7.35. The number of rotatable bonds is 7. The molecule has 2 atom stereocenters. The van der Waals surface area contributed by atoms with E-state index in [0.717, 1.165) is 6.42 Å². The predicted octanol–water partition coefficient (Wildman–Crippen LogP) is 2.57. The first-order chi connectivity index (χ1) is 12.0. The van der Waals surface area contributed by atoms with E-state index in [9.17, 15) is 14.4 Å². The molecule has 1 aromatic rings. The highest BCUT2D eigenvalue weighted by Crippen LogP contribution is 2.47. The average molecular weight is 342 g/mol. The Balaban J connectivity index is 1.40. The van der Waals surface area contributed by atoms with Crippen LogP contribution in [0, 0.1) is 5.92 Å². The summed E-state index contributed by atoms with van der Waals surface area (Å²) >= 11 is 0. The summed E-state index contributed by atoms with van der Waals surface area (Å²) in [5.41, 5.74) is 2.55. The van der Waals surface area contributed by atoms with Crippen molar-refractivity contribution in [3.05, 3.63) is 35.4 Å². The normalized spacial score (nSPS) is 22.6. The Kier molecular flexibility index (Phi) is 5.21. The Morgan fingerprint density at radius 2 is 1.80 bits per heavy atom. The molecule has 0 radical (unpaired) electrons. The van der Waals surface area contributed by atoms with Gasteiger partial charge in [0.15, 0.2) is 0 Å². The van der Waals surface area contributed by atoms with E-state index in [2.05, 4.69) is 43.4 Å². The molecule has 5 nitrogen and oxygen atoms in total. The molecule has 3 amide bonds. The van der Waals surface area contributed by atoms with Crippen molar-refractivity contribution >= 4 is 17.7 Å². The van der Waals surface area contributed by atoms with Gasteiger partial charge in [-0.2, -0.15) is 0 Å². The summed E-state index contributed by atoms with van der Waals surface area (Å²) in [4.78, 5) is 36.6. The van der Waals surface area contributed by atoms with Crippen molar-refractivity contribution in [2.24, 2.45) is 5.92 Å². The third kappa shape index (κ3) is 4.09. The summed E-state index contributed by atoms with van der Waals surface area (Å²) in [5, 5.41) is 2.94. The number of hydrogen-bond donors (Lipinski definition) is 1. The molecule has 1 heterocycles. The molecule has 2 unspecified atom stereocenters. The van der Waals surface area contributed by atoms with Gasteiger partial charge in [0.2, 0.25) is 17.7 Å². The lowest BCUT2D eigenvalue weighted by Gasteiger charge is -2.13. The number of likely N-dealkylation sites (tertiary alicyclic amines) is 1. The first kappa shape index (κ1) is 17.6. The minimum Gasteiger partial charge on any atom is -0.356 e. The maximum atomic E-state index is 12.2. The van der Waals surface area contributed by atoms with E-state index < -0.39 is 0 Å². The molecular weight excluding hydrogens is 316 g/mol. The minimum atomic E-state index is -0.0940. The number of nitrogens with one attached hydrogen (secondary N) is 1. The van der Waals surface area contributed by atoms with Crippen LogP contribution in [0.15, 0.2) is 24.3 Å². The maximum absolute atomic E-state index is 12.2. The number of hydrogen-bond acceptors (Lipinski definition) is 3. The Morgan fingerprint density at radius 3 is 2.40 bits per heavy atom. The van der Waals surface area contributed by atoms with Crippen LogP contribution in [0.5, 0.6) is 0 Å². The van der Waals surface area contributed by atoms with Gasteiger partial charge in [0.05, 0.1) is 0 Å². The van der Waals surface area contributed by atoms with E-state index in [-0.39, 0.29) is 23.6 Å². The number of nitrogens with zero attached hydrogens (tertiary/aromatic N) is 1. The topological polar surface area (TPSA) is 66.5 Å². The molecular formula is C20H26N2O3. The second-order valence-electron chi connectivity index (χ2n) is 7.35. The molecule has 3 rings (SSSR count). The number of benzene rings is 1. The molecule has 1 N–H and O–H groups in total. The summed E-state index contributed by atoms with van der Waals surface area (Å²) in [6.45, 7) is 5.26. The highest BCUT2D eigenvalue weighted by Gasteiger charge is 2.43. The summed E-state index contributed by atoms with van der Waals surface area (Å²) in [7, 11) is 0. The molecule has 5 heteroatoms. The number of imide groups is 1.